The van der Waals surface area contributed by atoms with Crippen molar-refractivity contribution in [3.63, 3.8) is 0 Å². The van der Waals surface area contributed by atoms with Crippen molar-refractivity contribution in [1.82, 2.24) is 15.3 Å². The number of hydrogen-bond donors (Lipinski definition) is 2. The number of methoxy groups -OCH3 is 1. The molecular formula is C18H22FN5O4S. The third-order valence-corrected chi connectivity index (χ3v) is 6.47. The zero-order chi connectivity index (χ0) is 21.2. The van der Waals surface area contributed by atoms with Gasteiger partial charge in [-0.3, -0.25) is 4.79 Å². The van der Waals surface area contributed by atoms with Crippen LogP contribution in [0, 0.1) is 5.82 Å². The SMILES string of the molecule is CCS(=O)(=O)N(c1ncc(C(=O)c2cc(F)ccc2OC)c(N)n1)[C@@H]1CCNC1. The van der Waals surface area contributed by atoms with Crippen LogP contribution in [0.1, 0.15) is 29.3 Å². The number of ketones is 1. The van der Waals surface area contributed by atoms with Crippen molar-refractivity contribution in [2.24, 2.45) is 0 Å². The highest BCUT2D eigenvalue weighted by molar-refractivity contribution is 7.92. The Morgan fingerprint density at radius 3 is 2.76 bits per heavy atom. The van der Waals surface area contributed by atoms with Crippen LogP contribution in [0.15, 0.2) is 24.4 Å². The second-order valence-electron chi connectivity index (χ2n) is 6.49. The molecule has 29 heavy (non-hydrogen) atoms. The van der Waals surface area contributed by atoms with Gasteiger partial charge in [0.2, 0.25) is 21.8 Å². The number of sulfonamides is 1. The van der Waals surface area contributed by atoms with Crippen LogP contribution in [0.25, 0.3) is 0 Å². The number of hydrogen-bond acceptors (Lipinski definition) is 8. The summed E-state index contributed by atoms with van der Waals surface area (Å²) in [5, 5.41) is 3.11. The highest BCUT2D eigenvalue weighted by atomic mass is 32.2. The normalized spacial score (nSPS) is 16.6. The lowest BCUT2D eigenvalue weighted by Gasteiger charge is -2.27. The van der Waals surface area contributed by atoms with Crippen LogP contribution in [0.2, 0.25) is 0 Å². The first kappa shape index (κ1) is 20.9. The number of nitrogens with one attached hydrogen (secondary N) is 1. The molecule has 3 rings (SSSR count). The molecule has 0 aliphatic carbocycles. The fraction of sp³-hybridized carbons (Fsp3) is 0.389. The molecule has 1 atom stereocenters. The molecule has 156 valence electrons. The molecule has 0 radical (unpaired) electrons. The number of nitrogens with zero attached hydrogens (tertiary/aromatic N) is 3. The van der Waals surface area contributed by atoms with Gasteiger partial charge in [0.1, 0.15) is 17.4 Å². The van der Waals surface area contributed by atoms with Crippen molar-refractivity contribution in [1.29, 1.82) is 0 Å². The quantitative estimate of drug-likeness (QED) is 0.630. The Balaban J connectivity index is 2.01. The summed E-state index contributed by atoms with van der Waals surface area (Å²) in [6.45, 7) is 2.66. The van der Waals surface area contributed by atoms with E-state index in [1.165, 1.54) is 26.2 Å². The summed E-state index contributed by atoms with van der Waals surface area (Å²) in [6.07, 6.45) is 1.76. The largest absolute Gasteiger partial charge is 0.496 e. The molecule has 0 saturated carbocycles. The van der Waals surface area contributed by atoms with Crippen molar-refractivity contribution < 1.29 is 22.3 Å². The number of carbonyl (C=O) groups excluding carboxylic acids is 1. The third kappa shape index (κ3) is 4.15. The number of rotatable bonds is 7. The van der Waals surface area contributed by atoms with Crippen molar-refractivity contribution in [2.75, 3.05) is 36.0 Å². The van der Waals surface area contributed by atoms with Crippen molar-refractivity contribution in [3.05, 3.63) is 41.3 Å². The molecule has 1 aromatic carbocycles. The molecule has 0 unspecified atom stereocenters. The third-order valence-electron chi connectivity index (χ3n) is 4.68. The minimum absolute atomic E-state index is 0.0337. The average molecular weight is 423 g/mol. The number of aromatic nitrogens is 2. The summed E-state index contributed by atoms with van der Waals surface area (Å²) in [7, 11) is -2.30. The van der Waals surface area contributed by atoms with Gasteiger partial charge in [-0.25, -0.2) is 22.1 Å². The Morgan fingerprint density at radius 1 is 1.41 bits per heavy atom. The second kappa shape index (κ2) is 8.29. The summed E-state index contributed by atoms with van der Waals surface area (Å²) in [5.74, 6) is -1.49. The van der Waals surface area contributed by atoms with E-state index in [0.29, 0.717) is 19.5 Å². The minimum Gasteiger partial charge on any atom is -0.496 e. The number of benzene rings is 1. The summed E-state index contributed by atoms with van der Waals surface area (Å²) < 4.78 is 45.1. The predicted octanol–water partition coefficient (Wildman–Crippen LogP) is 0.956. The standard InChI is InChI=1S/C18H22FN5O4S/c1-3-29(26,27)24(12-6-7-21-9-12)18-22-10-14(17(20)23-18)16(25)13-8-11(19)4-5-15(13)28-2/h4-5,8,10,12,21H,3,6-7,9H2,1-2H3,(H2,20,22,23)/t12-/m1/s1. The van der Waals surface area contributed by atoms with E-state index in [4.69, 9.17) is 10.5 Å². The molecular weight excluding hydrogens is 401 g/mol. The zero-order valence-electron chi connectivity index (χ0n) is 16.1. The molecule has 1 aromatic heterocycles. The molecule has 0 spiro atoms. The lowest BCUT2D eigenvalue weighted by Crippen LogP contribution is -2.43. The van der Waals surface area contributed by atoms with E-state index in [-0.39, 0.29) is 40.4 Å². The molecule has 2 heterocycles. The first-order chi connectivity index (χ1) is 13.8. The lowest BCUT2D eigenvalue weighted by molar-refractivity contribution is 0.103. The summed E-state index contributed by atoms with van der Waals surface area (Å²) in [6, 6.07) is 3.19. The molecule has 0 bridgehead atoms. The van der Waals surface area contributed by atoms with Crippen molar-refractivity contribution >= 4 is 27.6 Å². The monoisotopic (exact) mass is 423 g/mol. The number of ether oxygens (including phenoxy) is 1. The van der Waals surface area contributed by atoms with Crippen LogP contribution in [0.3, 0.4) is 0 Å². The molecule has 1 saturated heterocycles. The summed E-state index contributed by atoms with van der Waals surface area (Å²) in [5.41, 5.74) is 5.86. The van der Waals surface area contributed by atoms with E-state index in [1.54, 1.807) is 0 Å². The van der Waals surface area contributed by atoms with Gasteiger partial charge in [0.15, 0.2) is 0 Å². The number of carbonyl (C=O) groups is 1. The Labute approximate surface area is 168 Å². The molecule has 3 N–H and O–H groups in total. The van der Waals surface area contributed by atoms with Crippen molar-refractivity contribution in [2.45, 2.75) is 19.4 Å². The van der Waals surface area contributed by atoms with Gasteiger partial charge in [-0.2, -0.15) is 4.98 Å². The van der Waals surface area contributed by atoms with E-state index in [1.807, 2.05) is 0 Å². The van der Waals surface area contributed by atoms with Gasteiger partial charge < -0.3 is 15.8 Å². The Morgan fingerprint density at radius 2 is 2.17 bits per heavy atom. The van der Waals surface area contributed by atoms with E-state index in [2.05, 4.69) is 15.3 Å². The number of halogens is 1. The summed E-state index contributed by atoms with van der Waals surface area (Å²) in [4.78, 5) is 21.0. The maximum absolute atomic E-state index is 13.6. The smallest absolute Gasteiger partial charge is 0.241 e. The average Bonchev–Trinajstić information content (AvgIpc) is 3.21. The number of nitrogens with two attached hydrogens (primary N) is 1. The molecule has 1 aliphatic heterocycles. The van der Waals surface area contributed by atoms with E-state index in [0.717, 1.165) is 16.6 Å². The van der Waals surface area contributed by atoms with Gasteiger partial charge in [-0.05, 0) is 38.1 Å². The highest BCUT2D eigenvalue weighted by Crippen LogP contribution is 2.27. The van der Waals surface area contributed by atoms with E-state index < -0.39 is 21.6 Å². The topological polar surface area (TPSA) is 128 Å². The van der Waals surface area contributed by atoms with Crippen LogP contribution in [-0.2, 0) is 10.0 Å². The lowest BCUT2D eigenvalue weighted by atomic mass is 10.0. The highest BCUT2D eigenvalue weighted by Gasteiger charge is 2.34. The van der Waals surface area contributed by atoms with Gasteiger partial charge in [0, 0.05) is 12.7 Å². The molecule has 9 nitrogen and oxygen atoms in total. The van der Waals surface area contributed by atoms with Gasteiger partial charge in [0.25, 0.3) is 0 Å². The van der Waals surface area contributed by atoms with Gasteiger partial charge in [0.05, 0.1) is 30.0 Å². The van der Waals surface area contributed by atoms with Gasteiger partial charge in [-0.1, -0.05) is 0 Å². The van der Waals surface area contributed by atoms with Crippen LogP contribution in [0.4, 0.5) is 16.2 Å². The fourth-order valence-corrected chi connectivity index (χ4v) is 4.41. The molecule has 1 fully saturated rings. The molecule has 1 aliphatic rings. The minimum atomic E-state index is -3.66. The van der Waals surface area contributed by atoms with Crippen LogP contribution >= 0.6 is 0 Å². The van der Waals surface area contributed by atoms with Crippen LogP contribution in [0.5, 0.6) is 5.75 Å². The predicted molar refractivity (Wildman–Crippen MR) is 106 cm³/mol. The van der Waals surface area contributed by atoms with Crippen molar-refractivity contribution in [3.8, 4) is 5.75 Å². The van der Waals surface area contributed by atoms with E-state index in [9.17, 15) is 17.6 Å². The van der Waals surface area contributed by atoms with Crippen LogP contribution in [-0.4, -0.2) is 56.2 Å². The Bertz CT molecular complexity index is 1020. The van der Waals surface area contributed by atoms with E-state index >= 15 is 0 Å². The molecule has 2 aromatic rings. The molecule has 11 heteroatoms. The summed E-state index contributed by atoms with van der Waals surface area (Å²) >= 11 is 0. The first-order valence-electron chi connectivity index (χ1n) is 9.02. The Hall–Kier alpha value is -2.79. The maximum Gasteiger partial charge on any atom is 0.241 e. The fourth-order valence-electron chi connectivity index (χ4n) is 3.16. The number of anilines is 2. The van der Waals surface area contributed by atoms with Crippen LogP contribution < -0.4 is 20.1 Å². The zero-order valence-corrected chi connectivity index (χ0v) is 16.9. The van der Waals surface area contributed by atoms with Gasteiger partial charge in [-0.15, -0.1) is 0 Å². The number of nitrogen functional groups attached to an aromatic ring is 1. The maximum atomic E-state index is 13.6. The second-order valence-corrected chi connectivity index (χ2v) is 8.62. The first-order valence-corrected chi connectivity index (χ1v) is 10.6. The molecule has 0 amide bonds. The Kier molecular flexibility index (Phi) is 5.99. The van der Waals surface area contributed by atoms with Gasteiger partial charge >= 0.3 is 0 Å².